The summed E-state index contributed by atoms with van der Waals surface area (Å²) in [6.45, 7) is 7.97. The molecule has 0 heterocycles. The zero-order valence-corrected chi connectivity index (χ0v) is 19.0. The van der Waals surface area contributed by atoms with Gasteiger partial charge in [-0.1, -0.05) is 18.2 Å². The molecule has 0 saturated heterocycles. The van der Waals surface area contributed by atoms with Gasteiger partial charge in [0, 0.05) is 31.4 Å². The van der Waals surface area contributed by atoms with Gasteiger partial charge in [0.05, 0.1) is 6.10 Å². The van der Waals surface area contributed by atoms with E-state index in [9.17, 15) is 18.0 Å². The van der Waals surface area contributed by atoms with Crippen molar-refractivity contribution in [3.8, 4) is 5.75 Å². The number of hydrogen-bond donors (Lipinski definition) is 2. The molecule has 0 aliphatic rings. The van der Waals surface area contributed by atoms with Gasteiger partial charge in [0.2, 0.25) is 21.8 Å². The highest BCUT2D eigenvalue weighted by Crippen LogP contribution is 2.19. The second kappa shape index (κ2) is 10.8. The van der Waals surface area contributed by atoms with Gasteiger partial charge in [-0.15, -0.1) is 0 Å². The smallest absolute Gasteiger partial charge is 0.241 e. The first kappa shape index (κ1) is 24.2. The average Bonchev–Trinajstić information content (AvgIpc) is 2.67. The van der Waals surface area contributed by atoms with Crippen molar-refractivity contribution in [2.75, 3.05) is 22.3 Å². The fraction of sp³-hybridized carbons (Fsp3) is 0.364. The van der Waals surface area contributed by atoms with Gasteiger partial charge in [-0.2, -0.15) is 0 Å². The summed E-state index contributed by atoms with van der Waals surface area (Å²) < 4.78 is 32.7. The Hall–Kier alpha value is -3.07. The van der Waals surface area contributed by atoms with Crippen molar-refractivity contribution in [1.82, 2.24) is 4.90 Å². The summed E-state index contributed by atoms with van der Waals surface area (Å²) in [7, 11) is -3.91. The predicted octanol–water partition coefficient (Wildman–Crippen LogP) is 3.22. The lowest BCUT2D eigenvalue weighted by Crippen LogP contribution is -2.30. The molecule has 2 aromatic carbocycles. The van der Waals surface area contributed by atoms with Crippen molar-refractivity contribution in [2.45, 2.75) is 40.3 Å². The van der Waals surface area contributed by atoms with Crippen LogP contribution in [-0.4, -0.2) is 43.5 Å². The molecule has 0 aromatic heterocycles. The quantitative estimate of drug-likeness (QED) is 0.582. The maximum absolute atomic E-state index is 12.4. The number of rotatable bonds is 10. The molecular formula is C22H29N3O5S. The molecule has 2 rings (SSSR count). The number of benzene rings is 2. The van der Waals surface area contributed by atoms with Crippen LogP contribution in [0.5, 0.6) is 5.75 Å². The van der Waals surface area contributed by atoms with E-state index in [1.165, 1.54) is 6.92 Å². The number of amides is 2. The van der Waals surface area contributed by atoms with Crippen LogP contribution < -0.4 is 14.8 Å². The normalized spacial score (nSPS) is 11.1. The minimum atomic E-state index is -3.91. The fourth-order valence-corrected chi connectivity index (χ4v) is 3.86. The first-order chi connectivity index (χ1) is 14.6. The second-order valence-electron chi connectivity index (χ2n) is 7.29. The predicted molar refractivity (Wildman–Crippen MR) is 121 cm³/mol. The van der Waals surface area contributed by atoms with E-state index in [0.29, 0.717) is 30.2 Å². The van der Waals surface area contributed by atoms with E-state index in [1.54, 1.807) is 53.4 Å². The number of carbonyl (C=O) groups excluding carboxylic acids is 2. The molecule has 0 spiro atoms. The highest BCUT2D eigenvalue weighted by atomic mass is 32.2. The van der Waals surface area contributed by atoms with Crippen molar-refractivity contribution >= 4 is 33.2 Å². The molecule has 31 heavy (non-hydrogen) atoms. The van der Waals surface area contributed by atoms with E-state index in [-0.39, 0.29) is 12.0 Å². The standard InChI is InChI=1S/C22H29N3O5S/c1-5-25(17(4)26)14-18-8-6-7-9-21(18)23-22(27)15-31(28,29)24-19-10-12-20(13-11-19)30-16(2)3/h6-13,16,24H,5,14-15H2,1-4H3,(H,23,27). The van der Waals surface area contributed by atoms with Crippen LogP contribution >= 0.6 is 0 Å². The molecule has 0 radical (unpaired) electrons. The van der Waals surface area contributed by atoms with Gasteiger partial charge in [-0.05, 0) is 56.7 Å². The van der Waals surface area contributed by atoms with E-state index < -0.39 is 21.7 Å². The second-order valence-corrected chi connectivity index (χ2v) is 9.01. The molecule has 0 saturated carbocycles. The number of nitrogens with zero attached hydrogens (tertiary/aromatic N) is 1. The molecule has 8 nitrogen and oxygen atoms in total. The number of anilines is 2. The van der Waals surface area contributed by atoms with Gasteiger partial charge in [0.15, 0.2) is 0 Å². The molecule has 9 heteroatoms. The molecule has 2 amide bonds. The van der Waals surface area contributed by atoms with Crippen LogP contribution in [0.3, 0.4) is 0 Å². The van der Waals surface area contributed by atoms with Gasteiger partial charge in [-0.25, -0.2) is 8.42 Å². The third-order valence-electron chi connectivity index (χ3n) is 4.30. The first-order valence-corrected chi connectivity index (χ1v) is 11.7. The first-order valence-electron chi connectivity index (χ1n) is 10.00. The van der Waals surface area contributed by atoms with Crippen LogP contribution in [0, 0.1) is 0 Å². The lowest BCUT2D eigenvalue weighted by molar-refractivity contribution is -0.129. The minimum Gasteiger partial charge on any atom is -0.491 e. The number of ether oxygens (including phenoxy) is 1. The summed E-state index contributed by atoms with van der Waals surface area (Å²) in [4.78, 5) is 25.7. The Morgan fingerprint density at radius 2 is 1.71 bits per heavy atom. The molecule has 0 aliphatic heterocycles. The van der Waals surface area contributed by atoms with Crippen molar-refractivity contribution in [3.05, 3.63) is 54.1 Å². The Balaban J connectivity index is 2.02. The maximum atomic E-state index is 12.4. The Bertz CT molecular complexity index is 1000. The van der Waals surface area contributed by atoms with Gasteiger partial charge in [-0.3, -0.25) is 14.3 Å². The Morgan fingerprint density at radius 1 is 1.06 bits per heavy atom. The van der Waals surface area contributed by atoms with Crippen LogP contribution in [-0.2, 0) is 26.2 Å². The van der Waals surface area contributed by atoms with Gasteiger partial charge >= 0.3 is 0 Å². The lowest BCUT2D eigenvalue weighted by atomic mass is 10.1. The Morgan fingerprint density at radius 3 is 2.29 bits per heavy atom. The Kier molecular flexibility index (Phi) is 8.44. The average molecular weight is 448 g/mol. The molecule has 0 aliphatic carbocycles. The zero-order valence-electron chi connectivity index (χ0n) is 18.2. The summed E-state index contributed by atoms with van der Waals surface area (Å²) in [6.07, 6.45) is 0.00830. The van der Waals surface area contributed by atoms with E-state index in [4.69, 9.17) is 4.74 Å². The van der Waals surface area contributed by atoms with E-state index in [2.05, 4.69) is 10.0 Å². The Labute approximate surface area is 183 Å². The SMILES string of the molecule is CCN(Cc1ccccc1NC(=O)CS(=O)(=O)Nc1ccc(OC(C)C)cc1)C(C)=O. The third kappa shape index (κ3) is 7.93. The summed E-state index contributed by atoms with van der Waals surface area (Å²) in [6, 6.07) is 13.4. The summed E-state index contributed by atoms with van der Waals surface area (Å²) in [5.74, 6) is -0.875. The zero-order chi connectivity index (χ0) is 23.0. The van der Waals surface area contributed by atoms with Gasteiger partial charge < -0.3 is 15.0 Å². The molecular weight excluding hydrogens is 418 g/mol. The van der Waals surface area contributed by atoms with E-state index in [0.717, 1.165) is 5.56 Å². The topological polar surface area (TPSA) is 105 Å². The van der Waals surface area contributed by atoms with Crippen molar-refractivity contribution in [2.24, 2.45) is 0 Å². The largest absolute Gasteiger partial charge is 0.491 e. The van der Waals surface area contributed by atoms with E-state index in [1.807, 2.05) is 20.8 Å². The summed E-state index contributed by atoms with van der Waals surface area (Å²) >= 11 is 0. The third-order valence-corrected chi connectivity index (χ3v) is 5.49. The highest BCUT2D eigenvalue weighted by Gasteiger charge is 2.18. The molecule has 2 aromatic rings. The lowest BCUT2D eigenvalue weighted by Gasteiger charge is -2.21. The fourth-order valence-electron chi connectivity index (χ4n) is 2.88. The summed E-state index contributed by atoms with van der Waals surface area (Å²) in [5, 5.41) is 2.64. The van der Waals surface area contributed by atoms with Crippen LogP contribution in [0.2, 0.25) is 0 Å². The van der Waals surface area contributed by atoms with Crippen LogP contribution in [0.25, 0.3) is 0 Å². The number of carbonyl (C=O) groups is 2. The molecule has 0 bridgehead atoms. The van der Waals surface area contributed by atoms with Crippen LogP contribution in [0.1, 0.15) is 33.3 Å². The molecule has 2 N–H and O–H groups in total. The van der Waals surface area contributed by atoms with Gasteiger partial charge in [0.25, 0.3) is 0 Å². The number of para-hydroxylation sites is 1. The van der Waals surface area contributed by atoms with E-state index >= 15 is 0 Å². The monoisotopic (exact) mass is 447 g/mol. The number of nitrogens with one attached hydrogen (secondary N) is 2. The van der Waals surface area contributed by atoms with Crippen molar-refractivity contribution in [3.63, 3.8) is 0 Å². The van der Waals surface area contributed by atoms with Crippen LogP contribution in [0.4, 0.5) is 11.4 Å². The molecule has 168 valence electrons. The molecule has 0 fully saturated rings. The molecule has 0 unspecified atom stereocenters. The molecule has 0 atom stereocenters. The number of hydrogen-bond acceptors (Lipinski definition) is 5. The highest BCUT2D eigenvalue weighted by molar-refractivity contribution is 7.93. The van der Waals surface area contributed by atoms with Gasteiger partial charge in [0.1, 0.15) is 11.5 Å². The minimum absolute atomic E-state index is 0.00830. The van der Waals surface area contributed by atoms with Crippen molar-refractivity contribution in [1.29, 1.82) is 0 Å². The number of sulfonamides is 1. The van der Waals surface area contributed by atoms with Crippen LogP contribution in [0.15, 0.2) is 48.5 Å². The maximum Gasteiger partial charge on any atom is 0.241 e. The summed E-state index contributed by atoms with van der Waals surface area (Å²) in [5.41, 5.74) is 1.53. The van der Waals surface area contributed by atoms with Crippen molar-refractivity contribution < 1.29 is 22.7 Å².